The van der Waals surface area contributed by atoms with E-state index >= 15 is 0 Å². The lowest BCUT2D eigenvalue weighted by Gasteiger charge is -2.10. The SMILES string of the molecule is C=CCC(C(=O)Cl)c1ccc(C)cc1. The second-order valence-electron chi connectivity index (χ2n) is 3.29. The monoisotopic (exact) mass is 208 g/mol. The molecule has 0 aliphatic heterocycles. The van der Waals surface area contributed by atoms with Crippen molar-refractivity contribution in [1.29, 1.82) is 0 Å². The van der Waals surface area contributed by atoms with Crippen LogP contribution in [0.3, 0.4) is 0 Å². The van der Waals surface area contributed by atoms with Gasteiger partial charge in [-0.25, -0.2) is 0 Å². The van der Waals surface area contributed by atoms with Crippen LogP contribution in [0.1, 0.15) is 23.5 Å². The van der Waals surface area contributed by atoms with Gasteiger partial charge in [-0.05, 0) is 30.5 Å². The van der Waals surface area contributed by atoms with Crippen LogP contribution in [0.4, 0.5) is 0 Å². The van der Waals surface area contributed by atoms with Gasteiger partial charge in [0.1, 0.15) is 0 Å². The van der Waals surface area contributed by atoms with E-state index in [-0.39, 0.29) is 11.2 Å². The first kappa shape index (κ1) is 11.0. The molecule has 1 aromatic carbocycles. The number of carbonyl (C=O) groups excluding carboxylic acids is 1. The summed E-state index contributed by atoms with van der Waals surface area (Å²) in [6.45, 7) is 5.62. The van der Waals surface area contributed by atoms with Crippen LogP contribution in [0.2, 0.25) is 0 Å². The summed E-state index contributed by atoms with van der Waals surface area (Å²) in [4.78, 5) is 11.1. The molecular formula is C12H13ClO. The average molecular weight is 209 g/mol. The van der Waals surface area contributed by atoms with Crippen LogP contribution in [-0.2, 0) is 4.79 Å². The van der Waals surface area contributed by atoms with Gasteiger partial charge in [0, 0.05) is 0 Å². The van der Waals surface area contributed by atoms with Gasteiger partial charge >= 0.3 is 0 Å². The molecule has 1 nitrogen and oxygen atoms in total. The van der Waals surface area contributed by atoms with Crippen molar-refractivity contribution < 1.29 is 4.79 Å². The standard InChI is InChI=1S/C12H13ClO/c1-3-4-11(12(13)14)10-7-5-9(2)6-8-10/h3,5-8,11H,1,4H2,2H3. The van der Waals surface area contributed by atoms with Gasteiger partial charge in [0.25, 0.3) is 0 Å². The van der Waals surface area contributed by atoms with Crippen molar-refractivity contribution in [2.24, 2.45) is 0 Å². The van der Waals surface area contributed by atoms with Gasteiger partial charge in [0.15, 0.2) is 0 Å². The van der Waals surface area contributed by atoms with Gasteiger partial charge < -0.3 is 0 Å². The van der Waals surface area contributed by atoms with Crippen LogP contribution in [0, 0.1) is 6.92 Å². The first-order valence-electron chi connectivity index (χ1n) is 4.52. The zero-order valence-corrected chi connectivity index (χ0v) is 8.92. The van der Waals surface area contributed by atoms with Crippen molar-refractivity contribution in [3.63, 3.8) is 0 Å². The molecular weight excluding hydrogens is 196 g/mol. The number of hydrogen-bond acceptors (Lipinski definition) is 1. The minimum absolute atomic E-state index is 0.255. The summed E-state index contributed by atoms with van der Waals surface area (Å²) in [5.41, 5.74) is 2.13. The van der Waals surface area contributed by atoms with Crippen LogP contribution in [0.25, 0.3) is 0 Å². The van der Waals surface area contributed by atoms with Crippen LogP contribution in [-0.4, -0.2) is 5.24 Å². The van der Waals surface area contributed by atoms with Crippen molar-refractivity contribution >= 4 is 16.8 Å². The Morgan fingerprint density at radius 3 is 2.50 bits per heavy atom. The van der Waals surface area contributed by atoms with Gasteiger partial charge in [-0.2, -0.15) is 0 Å². The van der Waals surface area contributed by atoms with Gasteiger partial charge in [0.2, 0.25) is 5.24 Å². The van der Waals surface area contributed by atoms with E-state index in [1.54, 1.807) is 6.08 Å². The van der Waals surface area contributed by atoms with E-state index in [4.69, 9.17) is 11.6 Å². The molecule has 0 aliphatic rings. The van der Waals surface area contributed by atoms with Crippen molar-refractivity contribution in [2.45, 2.75) is 19.3 Å². The fraction of sp³-hybridized carbons (Fsp3) is 0.250. The molecule has 0 aromatic heterocycles. The predicted octanol–water partition coefficient (Wildman–Crippen LogP) is 3.42. The molecule has 0 aliphatic carbocycles. The molecule has 0 amide bonds. The Morgan fingerprint density at radius 2 is 2.07 bits per heavy atom. The second kappa shape index (κ2) is 4.97. The molecule has 14 heavy (non-hydrogen) atoms. The largest absolute Gasteiger partial charge is 0.281 e. The van der Waals surface area contributed by atoms with Gasteiger partial charge in [-0.15, -0.1) is 6.58 Å². The summed E-state index contributed by atoms with van der Waals surface area (Å²) in [6.07, 6.45) is 2.30. The first-order valence-corrected chi connectivity index (χ1v) is 4.89. The fourth-order valence-electron chi connectivity index (χ4n) is 1.33. The molecule has 0 saturated carbocycles. The molecule has 2 heteroatoms. The van der Waals surface area contributed by atoms with Gasteiger partial charge in [-0.3, -0.25) is 4.79 Å². The van der Waals surface area contributed by atoms with Crippen molar-refractivity contribution in [1.82, 2.24) is 0 Å². The highest BCUT2D eigenvalue weighted by Gasteiger charge is 2.16. The summed E-state index contributed by atoms with van der Waals surface area (Å²) in [5, 5.41) is -0.325. The van der Waals surface area contributed by atoms with E-state index in [0.717, 1.165) is 5.56 Å². The smallest absolute Gasteiger partial charge is 0.229 e. The van der Waals surface area contributed by atoms with Crippen molar-refractivity contribution in [3.05, 3.63) is 48.0 Å². The third kappa shape index (κ3) is 2.71. The van der Waals surface area contributed by atoms with Gasteiger partial charge in [0.05, 0.1) is 5.92 Å². The third-order valence-corrected chi connectivity index (χ3v) is 2.42. The van der Waals surface area contributed by atoms with Crippen molar-refractivity contribution in [2.75, 3.05) is 0 Å². The highest BCUT2D eigenvalue weighted by atomic mass is 35.5. The van der Waals surface area contributed by atoms with Crippen LogP contribution in [0.5, 0.6) is 0 Å². The number of rotatable bonds is 4. The zero-order valence-electron chi connectivity index (χ0n) is 8.16. The Hall–Kier alpha value is -1.08. The Bertz CT molecular complexity index is 327. The number of benzene rings is 1. The highest BCUT2D eigenvalue weighted by Crippen LogP contribution is 2.23. The predicted molar refractivity (Wildman–Crippen MR) is 59.6 cm³/mol. The molecule has 1 rings (SSSR count). The highest BCUT2D eigenvalue weighted by molar-refractivity contribution is 6.64. The molecule has 0 heterocycles. The second-order valence-corrected chi connectivity index (χ2v) is 3.66. The Labute approximate surface area is 89.4 Å². The summed E-state index contributed by atoms with van der Waals surface area (Å²) in [6, 6.07) is 7.82. The lowest BCUT2D eigenvalue weighted by atomic mass is 9.96. The maximum absolute atomic E-state index is 11.1. The molecule has 1 atom stereocenters. The van der Waals surface area contributed by atoms with Crippen LogP contribution < -0.4 is 0 Å². The number of allylic oxidation sites excluding steroid dienone is 1. The molecule has 1 aromatic rings. The normalized spacial score (nSPS) is 12.1. The quantitative estimate of drug-likeness (QED) is 0.548. The topological polar surface area (TPSA) is 17.1 Å². The summed E-state index contributed by atoms with van der Waals surface area (Å²) < 4.78 is 0. The number of carbonyl (C=O) groups is 1. The molecule has 74 valence electrons. The molecule has 0 spiro atoms. The van der Waals surface area contributed by atoms with E-state index < -0.39 is 0 Å². The minimum Gasteiger partial charge on any atom is -0.281 e. The fourth-order valence-corrected chi connectivity index (χ4v) is 1.54. The van der Waals surface area contributed by atoms with E-state index in [2.05, 4.69) is 6.58 Å². The number of halogens is 1. The maximum Gasteiger partial charge on any atom is 0.229 e. The molecule has 0 radical (unpaired) electrons. The van der Waals surface area contributed by atoms with Crippen LogP contribution in [0.15, 0.2) is 36.9 Å². The molecule has 0 N–H and O–H groups in total. The van der Waals surface area contributed by atoms with Crippen molar-refractivity contribution in [3.8, 4) is 0 Å². The van der Waals surface area contributed by atoms with E-state index in [1.165, 1.54) is 5.56 Å². The summed E-state index contributed by atoms with van der Waals surface area (Å²) in [7, 11) is 0. The molecule has 1 unspecified atom stereocenters. The van der Waals surface area contributed by atoms with Crippen LogP contribution >= 0.6 is 11.6 Å². The Kier molecular flexibility index (Phi) is 3.90. The molecule has 0 saturated heterocycles. The lowest BCUT2D eigenvalue weighted by molar-refractivity contribution is -0.112. The van der Waals surface area contributed by atoms with E-state index in [9.17, 15) is 4.79 Å². The summed E-state index contributed by atoms with van der Waals surface area (Å²) in [5.74, 6) is -0.255. The average Bonchev–Trinajstić information content (AvgIpc) is 2.15. The summed E-state index contributed by atoms with van der Waals surface area (Å²) >= 11 is 5.51. The number of hydrogen-bond donors (Lipinski definition) is 0. The first-order chi connectivity index (χ1) is 6.65. The Morgan fingerprint density at radius 1 is 1.50 bits per heavy atom. The van der Waals surface area contributed by atoms with E-state index in [0.29, 0.717) is 6.42 Å². The minimum atomic E-state index is -0.325. The maximum atomic E-state index is 11.1. The number of aryl methyl sites for hydroxylation is 1. The molecule has 0 bridgehead atoms. The van der Waals surface area contributed by atoms with E-state index in [1.807, 2.05) is 31.2 Å². The van der Waals surface area contributed by atoms with Gasteiger partial charge in [-0.1, -0.05) is 35.9 Å². The lowest BCUT2D eigenvalue weighted by Crippen LogP contribution is -2.05. The zero-order chi connectivity index (χ0) is 10.6. The Balaban J connectivity index is 2.93. The molecule has 0 fully saturated rings. The third-order valence-electron chi connectivity index (χ3n) is 2.16.